The number of aryl methyl sites for hydroxylation is 1. The third-order valence-electron chi connectivity index (χ3n) is 3.90. The Kier molecular flexibility index (Phi) is 3.12. The van der Waals surface area contributed by atoms with Crippen molar-refractivity contribution in [2.24, 2.45) is 0 Å². The molecule has 1 aliphatic rings. The van der Waals surface area contributed by atoms with Gasteiger partial charge in [0.05, 0.1) is 6.54 Å². The molecule has 0 aliphatic carbocycles. The summed E-state index contributed by atoms with van der Waals surface area (Å²) in [5.41, 5.74) is 1.49. The van der Waals surface area contributed by atoms with Crippen molar-refractivity contribution in [3.05, 3.63) is 53.6 Å². The molecule has 0 saturated carbocycles. The second kappa shape index (κ2) is 4.79. The van der Waals surface area contributed by atoms with Gasteiger partial charge in [-0.05, 0) is 24.5 Å². The maximum absolute atomic E-state index is 10.9. The minimum absolute atomic E-state index is 0.665. The minimum atomic E-state index is -0.724. The Balaban J connectivity index is 1.75. The van der Waals surface area contributed by atoms with Gasteiger partial charge in [0.15, 0.2) is 0 Å². The van der Waals surface area contributed by atoms with Crippen molar-refractivity contribution in [2.45, 2.75) is 25.5 Å². The molecule has 0 amide bonds. The Morgan fingerprint density at radius 2 is 2.26 bits per heavy atom. The summed E-state index contributed by atoms with van der Waals surface area (Å²) < 4.78 is 0. The second-order valence-electron chi connectivity index (χ2n) is 5.34. The largest absolute Gasteiger partial charge is 0.384 e. The fraction of sp³-hybridized carbons (Fsp3) is 0.400. The Bertz CT molecular complexity index is 552. The van der Waals surface area contributed by atoms with Gasteiger partial charge in [0.1, 0.15) is 11.4 Å². The van der Waals surface area contributed by atoms with Crippen molar-refractivity contribution in [3.8, 4) is 0 Å². The lowest BCUT2D eigenvalue weighted by Gasteiger charge is -2.25. The first-order chi connectivity index (χ1) is 9.17. The van der Waals surface area contributed by atoms with Crippen molar-refractivity contribution in [3.63, 3.8) is 0 Å². The molecule has 2 aromatic rings. The number of nitrogens with one attached hydrogen (secondary N) is 1. The maximum atomic E-state index is 10.9. The van der Waals surface area contributed by atoms with E-state index in [-0.39, 0.29) is 0 Å². The number of benzene rings is 1. The van der Waals surface area contributed by atoms with E-state index >= 15 is 0 Å². The summed E-state index contributed by atoms with van der Waals surface area (Å²) in [5.74, 6) is 0.953. The van der Waals surface area contributed by atoms with Gasteiger partial charge in [-0.2, -0.15) is 0 Å². The van der Waals surface area contributed by atoms with Crippen LogP contribution in [0.2, 0.25) is 0 Å². The molecule has 1 fully saturated rings. The third kappa shape index (κ3) is 2.41. The van der Waals surface area contributed by atoms with Crippen LogP contribution in [0.3, 0.4) is 0 Å². The van der Waals surface area contributed by atoms with E-state index in [9.17, 15) is 5.11 Å². The van der Waals surface area contributed by atoms with E-state index in [1.165, 1.54) is 0 Å². The van der Waals surface area contributed by atoms with Gasteiger partial charge < -0.3 is 10.1 Å². The molecule has 0 bridgehead atoms. The summed E-state index contributed by atoms with van der Waals surface area (Å²) in [6.07, 6.45) is 4.37. The van der Waals surface area contributed by atoms with Crippen molar-refractivity contribution < 1.29 is 5.11 Å². The molecular weight excluding hydrogens is 238 g/mol. The molecular formula is C15H19N3O. The maximum Gasteiger partial charge on any atom is 0.120 e. The zero-order valence-corrected chi connectivity index (χ0v) is 11.1. The first kappa shape index (κ1) is 12.4. The molecule has 19 heavy (non-hydrogen) atoms. The number of nitrogens with zero attached hydrogens (tertiary/aromatic N) is 2. The molecule has 1 aromatic carbocycles. The Morgan fingerprint density at radius 1 is 1.42 bits per heavy atom. The molecule has 1 aliphatic heterocycles. The highest BCUT2D eigenvalue weighted by Gasteiger charge is 2.38. The molecule has 2 heterocycles. The smallest absolute Gasteiger partial charge is 0.120 e. The molecule has 4 heteroatoms. The lowest BCUT2D eigenvalue weighted by molar-refractivity contribution is 0.0444. The summed E-state index contributed by atoms with van der Waals surface area (Å²) in [6.45, 7) is 4.38. The van der Waals surface area contributed by atoms with E-state index in [0.29, 0.717) is 6.54 Å². The predicted molar refractivity (Wildman–Crippen MR) is 73.6 cm³/mol. The standard InChI is InChI=1S/C15H19N3O/c1-12-4-2-3-5-13(12)15(19)6-9-18(11-15)10-14-16-7-8-17-14/h2-5,7-8,19H,6,9-11H2,1H3,(H,16,17)/t15-/m0/s1. The first-order valence-electron chi connectivity index (χ1n) is 6.66. The summed E-state index contributed by atoms with van der Waals surface area (Å²) >= 11 is 0. The van der Waals surface area contributed by atoms with Crippen LogP contribution in [0.25, 0.3) is 0 Å². The van der Waals surface area contributed by atoms with Crippen molar-refractivity contribution in [1.82, 2.24) is 14.9 Å². The fourth-order valence-corrected chi connectivity index (χ4v) is 2.92. The number of likely N-dealkylation sites (tertiary alicyclic amines) is 1. The highest BCUT2D eigenvalue weighted by atomic mass is 16.3. The van der Waals surface area contributed by atoms with Gasteiger partial charge in [0.25, 0.3) is 0 Å². The van der Waals surface area contributed by atoms with E-state index in [1.54, 1.807) is 6.20 Å². The van der Waals surface area contributed by atoms with E-state index in [2.05, 4.69) is 27.9 Å². The number of H-pyrrole nitrogens is 1. The van der Waals surface area contributed by atoms with Crippen molar-refractivity contribution >= 4 is 0 Å². The molecule has 3 rings (SSSR count). The molecule has 0 unspecified atom stereocenters. The van der Waals surface area contributed by atoms with E-state index in [1.807, 2.05) is 24.4 Å². The quantitative estimate of drug-likeness (QED) is 0.881. The van der Waals surface area contributed by atoms with Crippen LogP contribution < -0.4 is 0 Å². The van der Waals surface area contributed by atoms with Gasteiger partial charge in [0.2, 0.25) is 0 Å². The molecule has 1 atom stereocenters. The predicted octanol–water partition coefficient (Wildman–Crippen LogP) is 1.81. The molecule has 0 radical (unpaired) electrons. The summed E-state index contributed by atoms with van der Waals surface area (Å²) in [5, 5.41) is 10.9. The van der Waals surface area contributed by atoms with Crippen LogP contribution in [0.1, 0.15) is 23.4 Å². The van der Waals surface area contributed by atoms with Crippen molar-refractivity contribution in [1.29, 1.82) is 0 Å². The molecule has 100 valence electrons. The average Bonchev–Trinajstić information content (AvgIpc) is 3.01. The van der Waals surface area contributed by atoms with Crippen LogP contribution >= 0.6 is 0 Å². The van der Waals surface area contributed by atoms with Gasteiger partial charge in [-0.1, -0.05) is 24.3 Å². The molecule has 0 spiro atoms. The number of imidazole rings is 1. The lowest BCUT2D eigenvalue weighted by Crippen LogP contribution is -2.31. The minimum Gasteiger partial charge on any atom is -0.384 e. The van der Waals surface area contributed by atoms with Gasteiger partial charge >= 0.3 is 0 Å². The number of aromatic nitrogens is 2. The molecule has 4 nitrogen and oxygen atoms in total. The van der Waals surface area contributed by atoms with Crippen LogP contribution in [-0.4, -0.2) is 33.1 Å². The fourth-order valence-electron chi connectivity index (χ4n) is 2.92. The zero-order valence-electron chi connectivity index (χ0n) is 11.1. The van der Waals surface area contributed by atoms with E-state index < -0.39 is 5.60 Å². The van der Waals surface area contributed by atoms with Gasteiger partial charge in [-0.15, -0.1) is 0 Å². The van der Waals surface area contributed by atoms with Crippen LogP contribution in [0.15, 0.2) is 36.7 Å². The topological polar surface area (TPSA) is 52.1 Å². The average molecular weight is 257 g/mol. The number of hydrogen-bond acceptors (Lipinski definition) is 3. The van der Waals surface area contributed by atoms with Gasteiger partial charge in [-0.3, -0.25) is 4.90 Å². The van der Waals surface area contributed by atoms with E-state index in [4.69, 9.17) is 0 Å². The van der Waals surface area contributed by atoms with Crippen LogP contribution in [0.5, 0.6) is 0 Å². The number of rotatable bonds is 3. The van der Waals surface area contributed by atoms with Crippen LogP contribution in [0.4, 0.5) is 0 Å². The number of hydrogen-bond donors (Lipinski definition) is 2. The Morgan fingerprint density at radius 3 is 3.00 bits per heavy atom. The first-order valence-corrected chi connectivity index (χ1v) is 6.66. The van der Waals surface area contributed by atoms with Crippen LogP contribution in [0, 0.1) is 6.92 Å². The Hall–Kier alpha value is -1.65. The molecule has 1 saturated heterocycles. The lowest BCUT2D eigenvalue weighted by atomic mass is 9.89. The monoisotopic (exact) mass is 257 g/mol. The zero-order chi connectivity index (χ0) is 13.3. The molecule has 1 aromatic heterocycles. The Labute approximate surface area is 113 Å². The van der Waals surface area contributed by atoms with Crippen molar-refractivity contribution in [2.75, 3.05) is 13.1 Å². The normalized spacial score (nSPS) is 23.9. The van der Waals surface area contributed by atoms with Gasteiger partial charge in [-0.25, -0.2) is 4.98 Å². The molecule has 2 N–H and O–H groups in total. The number of β-amino-alcohol motifs (C(OH)–C–C–N with tert-alkyl or cyclic N) is 1. The van der Waals surface area contributed by atoms with E-state index in [0.717, 1.165) is 36.5 Å². The summed E-state index contributed by atoms with van der Waals surface area (Å²) in [6, 6.07) is 8.10. The summed E-state index contributed by atoms with van der Waals surface area (Å²) in [4.78, 5) is 9.59. The van der Waals surface area contributed by atoms with Gasteiger partial charge in [0, 0.05) is 25.5 Å². The number of aliphatic hydroxyl groups is 1. The summed E-state index contributed by atoms with van der Waals surface area (Å²) in [7, 11) is 0. The SMILES string of the molecule is Cc1ccccc1[C@]1(O)CCN(Cc2ncc[nH]2)C1. The highest BCUT2D eigenvalue weighted by molar-refractivity contribution is 5.32. The number of aromatic amines is 1. The third-order valence-corrected chi connectivity index (χ3v) is 3.90. The van der Waals surface area contributed by atoms with Crippen LogP contribution in [-0.2, 0) is 12.1 Å². The second-order valence-corrected chi connectivity index (χ2v) is 5.34. The highest BCUT2D eigenvalue weighted by Crippen LogP contribution is 2.34.